The third kappa shape index (κ3) is 4.84. The van der Waals surface area contributed by atoms with Crippen LogP contribution in [0.25, 0.3) is 0 Å². The van der Waals surface area contributed by atoms with Crippen molar-refractivity contribution in [2.24, 2.45) is 0 Å². The highest BCUT2D eigenvalue weighted by molar-refractivity contribution is 6.30. The number of benzene rings is 1. The highest BCUT2D eigenvalue weighted by Crippen LogP contribution is 2.27. The highest BCUT2D eigenvalue weighted by atomic mass is 35.5. The van der Waals surface area contributed by atoms with Crippen molar-refractivity contribution in [3.8, 4) is 0 Å². The molecule has 0 unspecified atom stereocenters. The smallest absolute Gasteiger partial charge is 0.327 e. The molecule has 2 aliphatic heterocycles. The van der Waals surface area contributed by atoms with Gasteiger partial charge < -0.3 is 15.2 Å². The number of nitrogens with zero attached hydrogens (tertiary/aromatic N) is 4. The van der Waals surface area contributed by atoms with E-state index in [2.05, 4.69) is 25.9 Å². The van der Waals surface area contributed by atoms with Crippen LogP contribution in [0.3, 0.4) is 0 Å². The van der Waals surface area contributed by atoms with E-state index in [0.717, 1.165) is 11.4 Å². The van der Waals surface area contributed by atoms with Crippen LogP contribution in [0, 0.1) is 5.82 Å². The second-order valence-corrected chi connectivity index (χ2v) is 7.85. The SMILES string of the molecule is CNC(=O)c1nc(NC(=O)N2CCc3ncccc32)c2n1CC(=O)NC2.Fc1ccc(Cl)cc1. The summed E-state index contributed by atoms with van der Waals surface area (Å²) in [5.41, 5.74) is 2.22. The van der Waals surface area contributed by atoms with Crippen LogP contribution in [0.5, 0.6) is 0 Å². The zero-order valence-corrected chi connectivity index (χ0v) is 18.9. The largest absolute Gasteiger partial charge is 0.352 e. The number of fused-ring (bicyclic) bond motifs is 2. The lowest BCUT2D eigenvalue weighted by molar-refractivity contribution is -0.122. The second-order valence-electron chi connectivity index (χ2n) is 7.41. The number of halogens is 2. The monoisotopic (exact) mass is 485 g/mol. The van der Waals surface area contributed by atoms with Gasteiger partial charge in [-0.3, -0.25) is 24.8 Å². The molecule has 3 aromatic rings. The number of pyridine rings is 1. The van der Waals surface area contributed by atoms with Crippen molar-refractivity contribution in [3.63, 3.8) is 0 Å². The highest BCUT2D eigenvalue weighted by Gasteiger charge is 2.30. The molecule has 0 saturated carbocycles. The van der Waals surface area contributed by atoms with E-state index in [1.165, 1.54) is 35.9 Å². The number of aromatic nitrogens is 3. The molecule has 10 nitrogen and oxygen atoms in total. The number of rotatable bonds is 2. The molecular weight excluding hydrogens is 465 g/mol. The Bertz CT molecular complexity index is 1220. The zero-order valence-electron chi connectivity index (χ0n) is 18.1. The van der Waals surface area contributed by atoms with Gasteiger partial charge in [0.1, 0.15) is 12.4 Å². The lowest BCUT2D eigenvalue weighted by atomic mass is 10.3. The minimum atomic E-state index is -0.419. The first-order chi connectivity index (χ1) is 16.4. The predicted molar refractivity (Wildman–Crippen MR) is 123 cm³/mol. The molecule has 4 amide bonds. The average Bonchev–Trinajstić information content (AvgIpc) is 3.42. The number of imidazole rings is 1. The van der Waals surface area contributed by atoms with Crippen LogP contribution in [0.15, 0.2) is 42.6 Å². The summed E-state index contributed by atoms with van der Waals surface area (Å²) < 4.78 is 13.5. The number of urea groups is 1. The first kappa shape index (κ1) is 23.2. The van der Waals surface area contributed by atoms with Crippen LogP contribution in [0.4, 0.5) is 20.7 Å². The Hall–Kier alpha value is -3.99. The third-order valence-electron chi connectivity index (χ3n) is 5.26. The number of carbonyl (C=O) groups excluding carboxylic acids is 3. The minimum Gasteiger partial charge on any atom is -0.352 e. The molecule has 0 spiro atoms. The molecule has 3 N–H and O–H groups in total. The lowest BCUT2D eigenvalue weighted by Gasteiger charge is -2.19. The van der Waals surface area contributed by atoms with E-state index in [0.29, 0.717) is 23.7 Å². The van der Waals surface area contributed by atoms with E-state index in [-0.39, 0.29) is 42.5 Å². The lowest BCUT2D eigenvalue weighted by Crippen LogP contribution is -2.37. The van der Waals surface area contributed by atoms with Gasteiger partial charge in [0.15, 0.2) is 5.82 Å². The van der Waals surface area contributed by atoms with Crippen molar-refractivity contribution >= 4 is 41.0 Å². The Balaban J connectivity index is 0.000000291. The van der Waals surface area contributed by atoms with Crippen LogP contribution >= 0.6 is 11.6 Å². The Labute approximate surface area is 199 Å². The molecule has 0 aliphatic carbocycles. The van der Waals surface area contributed by atoms with Gasteiger partial charge in [-0.1, -0.05) is 11.6 Å². The molecule has 12 heteroatoms. The van der Waals surface area contributed by atoms with Gasteiger partial charge in [-0.2, -0.15) is 0 Å². The van der Waals surface area contributed by atoms with Crippen LogP contribution < -0.4 is 20.9 Å². The number of amides is 4. The molecule has 2 aromatic heterocycles. The molecule has 34 heavy (non-hydrogen) atoms. The van der Waals surface area contributed by atoms with Gasteiger partial charge in [-0.05, 0) is 36.4 Å². The Kier molecular flexibility index (Phi) is 6.73. The summed E-state index contributed by atoms with van der Waals surface area (Å²) in [5, 5.41) is 8.52. The zero-order chi connectivity index (χ0) is 24.2. The predicted octanol–water partition coefficient (Wildman–Crippen LogP) is 2.34. The first-order valence-electron chi connectivity index (χ1n) is 10.4. The third-order valence-corrected chi connectivity index (χ3v) is 5.51. The number of anilines is 2. The van der Waals surface area contributed by atoms with Crippen molar-refractivity contribution < 1.29 is 18.8 Å². The summed E-state index contributed by atoms with van der Waals surface area (Å²) in [6.07, 6.45) is 2.38. The van der Waals surface area contributed by atoms with Crippen molar-refractivity contribution in [1.29, 1.82) is 0 Å². The molecule has 4 heterocycles. The van der Waals surface area contributed by atoms with Crippen LogP contribution in [-0.2, 0) is 24.3 Å². The minimum absolute atomic E-state index is 0.0164. The maximum absolute atomic E-state index is 12.7. The second kappa shape index (κ2) is 9.87. The summed E-state index contributed by atoms with van der Waals surface area (Å²) in [7, 11) is 1.49. The number of nitrogens with one attached hydrogen (secondary N) is 3. The molecule has 0 radical (unpaired) electrons. The quantitative estimate of drug-likeness (QED) is 0.514. The van der Waals surface area contributed by atoms with E-state index >= 15 is 0 Å². The summed E-state index contributed by atoms with van der Waals surface area (Å²) in [6.45, 7) is 0.696. The molecule has 2 aliphatic rings. The van der Waals surface area contributed by atoms with Crippen LogP contribution in [-0.4, -0.2) is 46.0 Å². The van der Waals surface area contributed by atoms with Gasteiger partial charge in [-0.25, -0.2) is 14.2 Å². The van der Waals surface area contributed by atoms with Gasteiger partial charge in [0.05, 0.1) is 23.6 Å². The maximum Gasteiger partial charge on any atom is 0.327 e. The van der Waals surface area contributed by atoms with Crippen molar-refractivity contribution in [2.75, 3.05) is 23.8 Å². The summed E-state index contributed by atoms with van der Waals surface area (Å²) in [5.74, 6) is -0.522. The van der Waals surface area contributed by atoms with E-state index < -0.39 is 5.91 Å². The average molecular weight is 486 g/mol. The number of hydrogen-bond donors (Lipinski definition) is 3. The Morgan fingerprint density at radius 1 is 1.21 bits per heavy atom. The van der Waals surface area contributed by atoms with Crippen molar-refractivity contribution in [1.82, 2.24) is 25.2 Å². The normalized spacial score (nSPS) is 13.7. The first-order valence-corrected chi connectivity index (χ1v) is 10.8. The van der Waals surface area contributed by atoms with Gasteiger partial charge in [0.2, 0.25) is 11.7 Å². The molecule has 176 valence electrons. The molecule has 0 fully saturated rings. The standard InChI is InChI=1S/C16H17N7O3.C6H4ClF/c1-17-15(25)14-20-13(11-7-19-12(24)8-23(11)14)21-16(26)22-6-4-9-10(22)3-2-5-18-9;7-5-1-3-6(8)4-2-5/h2-3,5H,4,6-8H2,1H3,(H,17,25)(H,19,24)(H,21,26);1-4H. The van der Waals surface area contributed by atoms with Crippen LogP contribution in [0.1, 0.15) is 22.0 Å². The van der Waals surface area contributed by atoms with E-state index in [1.807, 2.05) is 6.07 Å². The van der Waals surface area contributed by atoms with E-state index in [4.69, 9.17) is 11.6 Å². The van der Waals surface area contributed by atoms with Crippen molar-refractivity contribution in [2.45, 2.75) is 19.5 Å². The summed E-state index contributed by atoms with van der Waals surface area (Å²) >= 11 is 5.44. The van der Waals surface area contributed by atoms with Gasteiger partial charge in [0, 0.05) is 31.2 Å². The Morgan fingerprint density at radius 2 is 1.97 bits per heavy atom. The Morgan fingerprint density at radius 3 is 2.68 bits per heavy atom. The topological polar surface area (TPSA) is 121 Å². The van der Waals surface area contributed by atoms with Gasteiger partial charge in [-0.15, -0.1) is 0 Å². The molecular formula is C22H21ClFN7O3. The van der Waals surface area contributed by atoms with E-state index in [1.54, 1.807) is 17.2 Å². The molecule has 1 aromatic carbocycles. The van der Waals surface area contributed by atoms with Crippen molar-refractivity contribution in [3.05, 3.63) is 70.6 Å². The molecule has 5 rings (SSSR count). The number of hydrogen-bond acceptors (Lipinski definition) is 5. The van der Waals surface area contributed by atoms with Crippen LogP contribution in [0.2, 0.25) is 5.02 Å². The molecule has 0 saturated heterocycles. The van der Waals surface area contributed by atoms with Gasteiger partial charge in [0.25, 0.3) is 5.91 Å². The molecule has 0 atom stereocenters. The van der Waals surface area contributed by atoms with E-state index in [9.17, 15) is 18.8 Å². The molecule has 0 bridgehead atoms. The fourth-order valence-electron chi connectivity index (χ4n) is 3.62. The van der Waals surface area contributed by atoms with Gasteiger partial charge >= 0.3 is 6.03 Å². The fourth-order valence-corrected chi connectivity index (χ4v) is 3.74. The maximum atomic E-state index is 12.7. The summed E-state index contributed by atoms with van der Waals surface area (Å²) in [6, 6.07) is 8.94. The number of carbonyl (C=O) groups is 3. The fraction of sp³-hybridized carbons (Fsp3) is 0.227. The summed E-state index contributed by atoms with van der Waals surface area (Å²) in [4.78, 5) is 46.6.